The molecule has 3 aromatic heterocycles. The monoisotopic (exact) mass is 422 g/mol. The van der Waals surface area contributed by atoms with Crippen molar-refractivity contribution in [1.82, 2.24) is 40.6 Å². The number of pyridine rings is 1. The number of fused-ring (bicyclic) bond motifs is 1. The van der Waals surface area contributed by atoms with E-state index in [9.17, 15) is 9.59 Å². The fourth-order valence-corrected chi connectivity index (χ4v) is 4.50. The van der Waals surface area contributed by atoms with Gasteiger partial charge in [0.2, 0.25) is 5.65 Å². The first-order valence-electron chi connectivity index (χ1n) is 10.2. The Hall–Kier alpha value is -3.47. The van der Waals surface area contributed by atoms with E-state index in [1.807, 2.05) is 4.90 Å². The number of amides is 2. The highest BCUT2D eigenvalue weighted by Crippen LogP contribution is 2.43. The zero-order valence-electron chi connectivity index (χ0n) is 16.8. The number of hydrogen-bond acceptors (Lipinski definition) is 8. The van der Waals surface area contributed by atoms with Crippen molar-refractivity contribution in [3.05, 3.63) is 42.1 Å². The molecular weight excluding hydrogens is 400 g/mol. The van der Waals surface area contributed by atoms with Gasteiger partial charge in [0.1, 0.15) is 11.8 Å². The van der Waals surface area contributed by atoms with Gasteiger partial charge in [-0.25, -0.2) is 15.0 Å². The fourth-order valence-electron chi connectivity index (χ4n) is 4.50. The molecule has 5 heterocycles. The maximum Gasteiger partial charge on any atom is 0.255 e. The van der Waals surface area contributed by atoms with Crippen molar-refractivity contribution in [1.29, 1.82) is 0 Å². The summed E-state index contributed by atoms with van der Waals surface area (Å²) in [5.74, 6) is -0.380. The number of carbonyl (C=O) groups excluding carboxylic acids is 2. The third kappa shape index (κ3) is 3.83. The molecule has 1 unspecified atom stereocenters. The molecular formula is C20H22N8O3. The number of ether oxygens (including phenoxy) is 1. The van der Waals surface area contributed by atoms with Gasteiger partial charge >= 0.3 is 0 Å². The number of nitrogens with one attached hydrogen (secondary N) is 2. The SMILES string of the molecule is O=C(NCC1CC2(CCOCC2)CN1C(=O)c1cnc2n[nH]nc2c1)c1cncnc1. The molecule has 3 aromatic rings. The minimum atomic E-state index is -0.258. The van der Waals surface area contributed by atoms with Crippen LogP contribution >= 0.6 is 0 Å². The number of H-pyrrole nitrogens is 1. The third-order valence-corrected chi connectivity index (χ3v) is 6.17. The second kappa shape index (κ2) is 7.99. The number of hydrogen-bond donors (Lipinski definition) is 2. The Bertz CT molecular complexity index is 1100. The normalized spacial score (nSPS) is 20.3. The zero-order chi connectivity index (χ0) is 21.3. The first-order chi connectivity index (χ1) is 15.1. The topological polar surface area (TPSA) is 139 Å². The third-order valence-electron chi connectivity index (χ3n) is 6.17. The summed E-state index contributed by atoms with van der Waals surface area (Å²) in [6, 6.07) is 1.56. The maximum absolute atomic E-state index is 13.4. The molecule has 1 atom stereocenters. The summed E-state index contributed by atoms with van der Waals surface area (Å²) in [6.07, 6.45) is 8.45. The summed E-state index contributed by atoms with van der Waals surface area (Å²) >= 11 is 0. The highest BCUT2D eigenvalue weighted by atomic mass is 16.5. The Labute approximate surface area is 177 Å². The number of likely N-dealkylation sites (tertiary alicyclic amines) is 1. The van der Waals surface area contributed by atoms with E-state index in [0.29, 0.717) is 48.6 Å². The standard InChI is InChI=1S/C20H22N8O3/c29-18(14-7-21-12-22-8-14)24-10-15-6-20(1-3-31-4-2-20)11-28(15)19(30)13-5-16-17(23-9-13)26-27-25-16/h5,7-9,12,15H,1-4,6,10-11H2,(H,24,29)(H,23,25,26,27). The van der Waals surface area contributed by atoms with Crippen LogP contribution in [0.3, 0.4) is 0 Å². The molecule has 0 saturated carbocycles. The molecule has 2 aliphatic heterocycles. The van der Waals surface area contributed by atoms with E-state index < -0.39 is 0 Å². The summed E-state index contributed by atoms with van der Waals surface area (Å²) in [5, 5.41) is 13.4. The Morgan fingerprint density at radius 1 is 1.16 bits per heavy atom. The van der Waals surface area contributed by atoms with Crippen molar-refractivity contribution in [3.8, 4) is 0 Å². The molecule has 2 aliphatic rings. The molecule has 0 aliphatic carbocycles. The predicted octanol–water partition coefficient (Wildman–Crippen LogP) is 0.584. The van der Waals surface area contributed by atoms with Crippen molar-refractivity contribution in [2.45, 2.75) is 25.3 Å². The summed E-state index contributed by atoms with van der Waals surface area (Å²) < 4.78 is 5.55. The quantitative estimate of drug-likeness (QED) is 0.623. The van der Waals surface area contributed by atoms with Crippen molar-refractivity contribution in [3.63, 3.8) is 0 Å². The second-order valence-corrected chi connectivity index (χ2v) is 8.13. The number of nitrogens with zero attached hydrogens (tertiary/aromatic N) is 6. The number of aromatic amines is 1. The molecule has 2 fully saturated rings. The van der Waals surface area contributed by atoms with Gasteiger partial charge in [-0.15, -0.1) is 5.10 Å². The minimum absolute atomic E-state index is 0.00455. The van der Waals surface area contributed by atoms with Crippen molar-refractivity contribution >= 4 is 23.0 Å². The van der Waals surface area contributed by atoms with Crippen LogP contribution < -0.4 is 5.32 Å². The lowest BCUT2D eigenvalue weighted by Crippen LogP contribution is -2.43. The first-order valence-corrected chi connectivity index (χ1v) is 10.2. The summed E-state index contributed by atoms with van der Waals surface area (Å²) in [7, 11) is 0. The molecule has 11 heteroatoms. The molecule has 31 heavy (non-hydrogen) atoms. The average Bonchev–Trinajstić information content (AvgIpc) is 3.42. The van der Waals surface area contributed by atoms with Crippen LogP contribution in [0.25, 0.3) is 11.2 Å². The zero-order valence-corrected chi connectivity index (χ0v) is 16.8. The molecule has 160 valence electrons. The van der Waals surface area contributed by atoms with Crippen molar-refractivity contribution < 1.29 is 14.3 Å². The largest absolute Gasteiger partial charge is 0.381 e. The van der Waals surface area contributed by atoms with Crippen LogP contribution in [-0.2, 0) is 4.74 Å². The van der Waals surface area contributed by atoms with Crippen LogP contribution in [0.5, 0.6) is 0 Å². The van der Waals surface area contributed by atoms with Gasteiger partial charge in [-0.1, -0.05) is 0 Å². The smallest absolute Gasteiger partial charge is 0.255 e. The molecule has 0 aromatic carbocycles. The van der Waals surface area contributed by atoms with E-state index in [0.717, 1.165) is 19.3 Å². The van der Waals surface area contributed by atoms with Crippen LogP contribution in [-0.4, -0.2) is 79.4 Å². The van der Waals surface area contributed by atoms with Gasteiger partial charge in [-0.3, -0.25) is 9.59 Å². The van der Waals surface area contributed by atoms with Gasteiger partial charge in [0, 0.05) is 50.9 Å². The lowest BCUT2D eigenvalue weighted by atomic mass is 9.78. The van der Waals surface area contributed by atoms with E-state index >= 15 is 0 Å². The summed E-state index contributed by atoms with van der Waals surface area (Å²) in [6.45, 7) is 2.35. The van der Waals surface area contributed by atoms with Gasteiger partial charge in [0.25, 0.3) is 11.8 Å². The Morgan fingerprint density at radius 3 is 2.77 bits per heavy atom. The fraction of sp³-hybridized carbons (Fsp3) is 0.450. The highest BCUT2D eigenvalue weighted by molar-refractivity contribution is 5.97. The van der Waals surface area contributed by atoms with E-state index in [1.165, 1.54) is 24.9 Å². The number of rotatable bonds is 4. The first kappa shape index (κ1) is 19.5. The van der Waals surface area contributed by atoms with Crippen LogP contribution in [0.4, 0.5) is 0 Å². The molecule has 0 bridgehead atoms. The average molecular weight is 422 g/mol. The molecule has 1 spiro atoms. The number of carbonyl (C=O) groups is 2. The summed E-state index contributed by atoms with van der Waals surface area (Å²) in [5.41, 5.74) is 1.86. The van der Waals surface area contributed by atoms with E-state index in [2.05, 4.69) is 35.7 Å². The Kier molecular flexibility index (Phi) is 5.02. The highest BCUT2D eigenvalue weighted by Gasteiger charge is 2.46. The Balaban J connectivity index is 1.36. The maximum atomic E-state index is 13.4. The number of aromatic nitrogens is 6. The van der Waals surface area contributed by atoms with E-state index in [-0.39, 0.29) is 23.3 Å². The molecule has 2 amide bonds. The van der Waals surface area contributed by atoms with Gasteiger partial charge in [-0.05, 0) is 30.7 Å². The molecule has 2 saturated heterocycles. The van der Waals surface area contributed by atoms with Crippen LogP contribution in [0.2, 0.25) is 0 Å². The minimum Gasteiger partial charge on any atom is -0.381 e. The predicted molar refractivity (Wildman–Crippen MR) is 108 cm³/mol. The van der Waals surface area contributed by atoms with Gasteiger partial charge < -0.3 is 15.0 Å². The molecule has 5 rings (SSSR count). The molecule has 2 N–H and O–H groups in total. The van der Waals surface area contributed by atoms with E-state index in [4.69, 9.17) is 4.74 Å². The van der Waals surface area contributed by atoms with Crippen LogP contribution in [0.1, 0.15) is 40.0 Å². The lowest BCUT2D eigenvalue weighted by molar-refractivity contribution is 0.0190. The van der Waals surface area contributed by atoms with Crippen molar-refractivity contribution in [2.75, 3.05) is 26.3 Å². The van der Waals surface area contributed by atoms with Crippen LogP contribution in [0.15, 0.2) is 31.0 Å². The second-order valence-electron chi connectivity index (χ2n) is 8.13. The Morgan fingerprint density at radius 2 is 1.97 bits per heavy atom. The lowest BCUT2D eigenvalue weighted by Gasteiger charge is -2.33. The van der Waals surface area contributed by atoms with Gasteiger partial charge in [0.15, 0.2) is 0 Å². The van der Waals surface area contributed by atoms with Crippen molar-refractivity contribution in [2.24, 2.45) is 5.41 Å². The van der Waals surface area contributed by atoms with Gasteiger partial charge in [0.05, 0.1) is 11.1 Å². The molecule has 11 nitrogen and oxygen atoms in total. The van der Waals surface area contributed by atoms with Crippen LogP contribution in [0, 0.1) is 5.41 Å². The van der Waals surface area contributed by atoms with Gasteiger partial charge in [-0.2, -0.15) is 10.3 Å². The molecule has 0 radical (unpaired) electrons. The summed E-state index contributed by atoms with van der Waals surface area (Å²) in [4.78, 5) is 39.8. The van der Waals surface area contributed by atoms with E-state index in [1.54, 1.807) is 6.07 Å².